The number of rotatable bonds is 6. The van der Waals surface area contributed by atoms with E-state index < -0.39 is 0 Å². The van der Waals surface area contributed by atoms with Crippen molar-refractivity contribution in [2.45, 2.75) is 18.2 Å². The number of furan rings is 1. The van der Waals surface area contributed by atoms with Crippen molar-refractivity contribution in [1.29, 1.82) is 0 Å². The Balaban J connectivity index is 1.53. The molecule has 0 saturated carbocycles. The van der Waals surface area contributed by atoms with Crippen LogP contribution in [0.5, 0.6) is 0 Å². The highest BCUT2D eigenvalue weighted by Crippen LogP contribution is 2.26. The van der Waals surface area contributed by atoms with Crippen LogP contribution in [0.4, 0.5) is 0 Å². The van der Waals surface area contributed by atoms with Crippen LogP contribution in [0.15, 0.2) is 44.2 Å². The van der Waals surface area contributed by atoms with Gasteiger partial charge in [-0.2, -0.15) is 5.10 Å². The first-order valence-electron chi connectivity index (χ1n) is 7.62. The number of thioether (sulfide) groups is 1. The van der Waals surface area contributed by atoms with Crippen LogP contribution in [-0.4, -0.2) is 28.1 Å². The smallest absolute Gasteiger partial charge is 0.250 e. The third-order valence-electron chi connectivity index (χ3n) is 3.30. The maximum atomic E-state index is 11.8. The van der Waals surface area contributed by atoms with Crippen molar-refractivity contribution in [3.63, 3.8) is 0 Å². The normalized spacial score (nSPS) is 11.2. The quantitative estimate of drug-likeness (QED) is 0.374. The Bertz CT molecular complexity index is 952. The molecule has 0 atom stereocenters. The molecule has 0 aliphatic rings. The lowest BCUT2D eigenvalue weighted by molar-refractivity contribution is -0.118. The first-order valence-corrected chi connectivity index (χ1v) is 9.80. The molecule has 0 aliphatic carbocycles. The molecular formula is C17H15ClN4O2S2. The highest BCUT2D eigenvalue weighted by Gasteiger charge is 2.07. The second-order valence-electron chi connectivity index (χ2n) is 5.33. The highest BCUT2D eigenvalue weighted by atomic mass is 35.5. The highest BCUT2D eigenvalue weighted by molar-refractivity contribution is 8.01. The van der Waals surface area contributed by atoms with Crippen molar-refractivity contribution in [3.8, 4) is 11.3 Å². The molecule has 1 amide bonds. The van der Waals surface area contributed by atoms with E-state index in [1.165, 1.54) is 29.3 Å². The molecule has 2 heterocycles. The molecule has 1 aromatic carbocycles. The monoisotopic (exact) mass is 406 g/mol. The van der Waals surface area contributed by atoms with Crippen LogP contribution in [0.3, 0.4) is 0 Å². The molecule has 3 aromatic rings. The van der Waals surface area contributed by atoms with Gasteiger partial charge in [-0.15, -0.1) is 10.2 Å². The van der Waals surface area contributed by atoms with Gasteiger partial charge >= 0.3 is 0 Å². The second kappa shape index (κ2) is 8.48. The molecular weight excluding hydrogens is 392 g/mol. The first kappa shape index (κ1) is 18.6. The number of nitrogens with zero attached hydrogens (tertiary/aromatic N) is 3. The van der Waals surface area contributed by atoms with E-state index in [1.807, 2.05) is 38.1 Å². The number of benzene rings is 1. The fourth-order valence-corrected chi connectivity index (χ4v) is 3.78. The van der Waals surface area contributed by atoms with Crippen LogP contribution in [0, 0.1) is 13.8 Å². The number of aryl methyl sites for hydroxylation is 2. The fourth-order valence-electron chi connectivity index (χ4n) is 1.99. The van der Waals surface area contributed by atoms with Crippen LogP contribution in [-0.2, 0) is 4.79 Å². The van der Waals surface area contributed by atoms with Crippen LogP contribution in [0.1, 0.15) is 16.3 Å². The van der Waals surface area contributed by atoms with E-state index in [2.05, 4.69) is 20.7 Å². The van der Waals surface area contributed by atoms with E-state index in [-0.39, 0.29) is 11.7 Å². The number of carbonyl (C=O) groups excluding carboxylic acids is 1. The largest absolute Gasteiger partial charge is 0.455 e. The predicted octanol–water partition coefficient (Wildman–Crippen LogP) is 4.31. The molecule has 2 aromatic heterocycles. The molecule has 26 heavy (non-hydrogen) atoms. The minimum absolute atomic E-state index is 0.219. The molecule has 9 heteroatoms. The average Bonchev–Trinajstić information content (AvgIpc) is 3.25. The maximum absolute atomic E-state index is 11.8. The molecule has 0 bridgehead atoms. The number of amides is 1. The second-order valence-corrected chi connectivity index (χ2v) is 8.15. The molecule has 0 aliphatic heterocycles. The van der Waals surface area contributed by atoms with Gasteiger partial charge in [0.25, 0.3) is 5.91 Å². The number of hydrogen-bond donors (Lipinski definition) is 1. The molecule has 0 radical (unpaired) electrons. The summed E-state index contributed by atoms with van der Waals surface area (Å²) in [5.41, 5.74) is 4.35. The van der Waals surface area contributed by atoms with E-state index in [4.69, 9.17) is 16.0 Å². The Labute approximate surface area is 163 Å². The van der Waals surface area contributed by atoms with E-state index in [9.17, 15) is 4.79 Å². The van der Waals surface area contributed by atoms with E-state index in [1.54, 1.807) is 6.07 Å². The zero-order valence-electron chi connectivity index (χ0n) is 14.0. The van der Waals surface area contributed by atoms with E-state index >= 15 is 0 Å². The maximum Gasteiger partial charge on any atom is 0.250 e. The zero-order chi connectivity index (χ0) is 18.5. The van der Waals surface area contributed by atoms with Gasteiger partial charge in [0.05, 0.1) is 12.0 Å². The van der Waals surface area contributed by atoms with Crippen molar-refractivity contribution < 1.29 is 9.21 Å². The molecule has 6 nitrogen and oxygen atoms in total. The molecule has 0 saturated heterocycles. The van der Waals surface area contributed by atoms with Gasteiger partial charge in [0, 0.05) is 10.6 Å². The first-order chi connectivity index (χ1) is 12.5. The van der Waals surface area contributed by atoms with Crippen LogP contribution in [0.25, 0.3) is 11.3 Å². The summed E-state index contributed by atoms with van der Waals surface area (Å²) in [6.45, 7) is 3.81. The lowest BCUT2D eigenvalue weighted by Gasteiger charge is -2.00. The summed E-state index contributed by atoms with van der Waals surface area (Å²) in [4.78, 5) is 11.8. The number of nitrogens with one attached hydrogen (secondary N) is 1. The van der Waals surface area contributed by atoms with Gasteiger partial charge in [-0.3, -0.25) is 4.79 Å². The van der Waals surface area contributed by atoms with Gasteiger partial charge in [0.15, 0.2) is 4.34 Å². The summed E-state index contributed by atoms with van der Waals surface area (Å²) in [5.74, 6) is 1.21. The summed E-state index contributed by atoms with van der Waals surface area (Å²) in [7, 11) is 0. The minimum atomic E-state index is -0.226. The van der Waals surface area contributed by atoms with E-state index in [0.717, 1.165) is 20.5 Å². The van der Waals surface area contributed by atoms with E-state index in [0.29, 0.717) is 16.5 Å². The zero-order valence-corrected chi connectivity index (χ0v) is 16.4. The van der Waals surface area contributed by atoms with Crippen LogP contribution in [0.2, 0.25) is 5.02 Å². The van der Waals surface area contributed by atoms with Crippen molar-refractivity contribution in [3.05, 3.63) is 51.7 Å². The topological polar surface area (TPSA) is 80.4 Å². The summed E-state index contributed by atoms with van der Waals surface area (Å²) in [6, 6.07) is 9.33. The SMILES string of the molecule is Cc1nnc(SCC(=O)N/N=C/c2ccc(-c3ccc(C)c(Cl)c3)o2)s1. The predicted molar refractivity (Wildman–Crippen MR) is 105 cm³/mol. The molecule has 3 rings (SSSR count). The van der Waals surface area contributed by atoms with Crippen molar-refractivity contribution in [2.75, 3.05) is 5.75 Å². The minimum Gasteiger partial charge on any atom is -0.455 e. The molecule has 0 fully saturated rings. The number of carbonyl (C=O) groups is 1. The Morgan fingerprint density at radius 3 is 2.92 bits per heavy atom. The number of hydrazone groups is 1. The number of hydrogen-bond acceptors (Lipinski definition) is 7. The molecule has 1 N–H and O–H groups in total. The number of halogens is 1. The third kappa shape index (κ3) is 4.94. The fraction of sp³-hybridized carbons (Fsp3) is 0.176. The van der Waals surface area contributed by atoms with Gasteiger partial charge in [0.1, 0.15) is 16.5 Å². The summed E-state index contributed by atoms with van der Waals surface area (Å²) in [5, 5.41) is 13.3. The van der Waals surface area contributed by atoms with Gasteiger partial charge in [0.2, 0.25) is 0 Å². The van der Waals surface area contributed by atoms with Crippen LogP contribution >= 0.6 is 34.7 Å². The van der Waals surface area contributed by atoms with Crippen molar-refractivity contribution >= 4 is 46.8 Å². The van der Waals surface area contributed by atoms with Crippen molar-refractivity contribution in [1.82, 2.24) is 15.6 Å². The Hall–Kier alpha value is -2.16. The average molecular weight is 407 g/mol. The standard InChI is InChI=1S/C17H15ClN4O2S2/c1-10-3-4-12(7-14(10)18)15-6-5-13(24-15)8-19-21-16(23)9-25-17-22-20-11(2)26-17/h3-8H,9H2,1-2H3,(H,21,23)/b19-8+. The molecule has 0 spiro atoms. The van der Waals surface area contributed by atoms with Gasteiger partial charge in [-0.05, 0) is 37.6 Å². The van der Waals surface area contributed by atoms with Crippen LogP contribution < -0.4 is 5.43 Å². The summed E-state index contributed by atoms with van der Waals surface area (Å²) >= 11 is 8.91. The Kier molecular flexibility index (Phi) is 6.08. The van der Waals surface area contributed by atoms with Gasteiger partial charge in [-0.25, -0.2) is 5.43 Å². The van der Waals surface area contributed by atoms with Crippen molar-refractivity contribution in [2.24, 2.45) is 5.10 Å². The lowest BCUT2D eigenvalue weighted by atomic mass is 10.1. The Morgan fingerprint density at radius 1 is 1.35 bits per heavy atom. The van der Waals surface area contributed by atoms with Gasteiger partial charge < -0.3 is 4.42 Å². The number of aromatic nitrogens is 2. The summed E-state index contributed by atoms with van der Waals surface area (Å²) in [6.07, 6.45) is 1.46. The Morgan fingerprint density at radius 2 is 2.19 bits per heavy atom. The molecule has 0 unspecified atom stereocenters. The lowest BCUT2D eigenvalue weighted by Crippen LogP contribution is -2.19. The third-order valence-corrected chi connectivity index (χ3v) is 5.68. The van der Waals surface area contributed by atoms with Gasteiger partial charge in [-0.1, -0.05) is 46.8 Å². The molecule has 134 valence electrons. The summed E-state index contributed by atoms with van der Waals surface area (Å²) < 4.78 is 6.46.